The molecule has 1 aromatic rings. The molecule has 0 aliphatic carbocycles. The monoisotopic (exact) mass is 538 g/mol. The Labute approximate surface area is 190 Å². The molecular formula is C19H18F12O4. The molecule has 2 saturated heterocycles. The molecule has 0 saturated carbocycles. The number of epoxide rings is 2. The van der Waals surface area contributed by atoms with Gasteiger partial charge in [0, 0.05) is 5.56 Å². The fourth-order valence-corrected chi connectivity index (χ4v) is 2.54. The van der Waals surface area contributed by atoms with Gasteiger partial charge in [0.2, 0.25) is 0 Å². The molecule has 0 aromatic heterocycles. The van der Waals surface area contributed by atoms with Crippen LogP contribution in [0.5, 0.6) is 0 Å². The molecule has 0 radical (unpaired) electrons. The Morgan fingerprint density at radius 2 is 1.03 bits per heavy atom. The minimum absolute atomic E-state index is 0.0324. The van der Waals surface area contributed by atoms with Gasteiger partial charge in [0.1, 0.15) is 12.2 Å². The van der Waals surface area contributed by atoms with Gasteiger partial charge in [-0.05, 0) is 6.92 Å². The predicted octanol–water partition coefficient (Wildman–Crippen LogP) is 5.71. The van der Waals surface area contributed by atoms with Gasteiger partial charge in [-0.15, -0.1) is 0 Å². The van der Waals surface area contributed by atoms with Crippen LogP contribution in [0.3, 0.4) is 0 Å². The Bertz CT molecular complexity index is 780. The van der Waals surface area contributed by atoms with Gasteiger partial charge in [-0.1, -0.05) is 30.3 Å². The van der Waals surface area contributed by atoms with Crippen molar-refractivity contribution in [1.82, 2.24) is 0 Å². The van der Waals surface area contributed by atoms with E-state index in [2.05, 4.69) is 18.9 Å². The van der Waals surface area contributed by atoms with E-state index in [4.69, 9.17) is 0 Å². The van der Waals surface area contributed by atoms with Crippen LogP contribution in [0.15, 0.2) is 30.3 Å². The zero-order valence-corrected chi connectivity index (χ0v) is 17.5. The summed E-state index contributed by atoms with van der Waals surface area (Å²) in [5, 5.41) is 0. The molecule has 2 heterocycles. The highest BCUT2D eigenvalue weighted by Gasteiger charge is 2.73. The summed E-state index contributed by atoms with van der Waals surface area (Å²) >= 11 is 0. The van der Waals surface area contributed by atoms with Gasteiger partial charge in [0.05, 0.1) is 26.4 Å². The number of alkyl halides is 12. The molecular weight excluding hydrogens is 520 g/mol. The molecule has 2 fully saturated rings. The first-order chi connectivity index (χ1) is 15.8. The molecule has 3 rings (SSSR count). The molecule has 4 nitrogen and oxygen atoms in total. The van der Waals surface area contributed by atoms with Crippen LogP contribution < -0.4 is 0 Å². The Balaban J connectivity index is 0.000000258. The summed E-state index contributed by atoms with van der Waals surface area (Å²) < 4.78 is 169. The Kier molecular flexibility index (Phi) is 8.36. The largest absolute Gasteiger partial charge is 0.430 e. The summed E-state index contributed by atoms with van der Waals surface area (Å²) in [7, 11) is 0. The number of halogens is 12. The maximum absolute atomic E-state index is 13.1. The van der Waals surface area contributed by atoms with Crippen molar-refractivity contribution < 1.29 is 71.6 Å². The SMILES string of the molecule is CC(OCC1CO1)(C(F)(F)F)C(F)(F)F.FC(F)(F)C(OCC1CO1)(c1ccccc1)C(F)(F)F. The van der Waals surface area contributed by atoms with Crippen molar-refractivity contribution >= 4 is 0 Å². The molecule has 2 unspecified atom stereocenters. The maximum atomic E-state index is 13.1. The van der Waals surface area contributed by atoms with Gasteiger partial charge in [-0.3, -0.25) is 0 Å². The molecule has 2 aliphatic rings. The van der Waals surface area contributed by atoms with Gasteiger partial charge < -0.3 is 18.9 Å². The van der Waals surface area contributed by atoms with Crippen LogP contribution in [0.25, 0.3) is 0 Å². The standard InChI is InChI=1S/C12H10F6O2.C7H8F6O2/c13-11(14,15)10(12(16,17)18,20-7-9-6-19-9)8-4-2-1-3-5-8;1-5(6(8,9)10,7(11,12)13)15-3-4-2-14-4/h1-5,9H,6-7H2;4H,2-3H2,1H3. The number of ether oxygens (including phenoxy) is 4. The summed E-state index contributed by atoms with van der Waals surface area (Å²) in [6.45, 7) is -1.29. The lowest BCUT2D eigenvalue weighted by molar-refractivity contribution is -0.390. The zero-order valence-electron chi connectivity index (χ0n) is 17.5. The highest BCUT2D eigenvalue weighted by Crippen LogP contribution is 2.53. The lowest BCUT2D eigenvalue weighted by atomic mass is 9.92. The lowest BCUT2D eigenvalue weighted by Crippen LogP contribution is -2.56. The topological polar surface area (TPSA) is 43.5 Å². The first kappa shape index (κ1) is 29.5. The second-order valence-electron chi connectivity index (χ2n) is 7.60. The van der Waals surface area contributed by atoms with Crippen LogP contribution in [0.1, 0.15) is 12.5 Å². The minimum Gasteiger partial charge on any atom is -0.371 e. The molecule has 0 N–H and O–H groups in total. The van der Waals surface area contributed by atoms with Crippen molar-refractivity contribution in [2.24, 2.45) is 0 Å². The molecule has 2 aliphatic heterocycles. The van der Waals surface area contributed by atoms with E-state index in [0.29, 0.717) is 0 Å². The van der Waals surface area contributed by atoms with E-state index < -0.39 is 66.9 Å². The minimum atomic E-state index is -5.64. The van der Waals surface area contributed by atoms with Crippen LogP contribution in [-0.4, -0.2) is 68.9 Å². The first-order valence-electron chi connectivity index (χ1n) is 9.60. The van der Waals surface area contributed by atoms with E-state index in [0.717, 1.165) is 24.3 Å². The molecule has 16 heteroatoms. The molecule has 0 spiro atoms. The van der Waals surface area contributed by atoms with Gasteiger partial charge in [-0.2, -0.15) is 52.7 Å². The average Bonchev–Trinajstić information content (AvgIpc) is 3.58. The van der Waals surface area contributed by atoms with E-state index in [1.54, 1.807) is 0 Å². The molecule has 202 valence electrons. The summed E-state index contributed by atoms with van der Waals surface area (Å²) in [6, 6.07) is 5.01. The zero-order chi connectivity index (χ0) is 26.9. The van der Waals surface area contributed by atoms with Crippen LogP contribution in [0.4, 0.5) is 52.7 Å². The quantitative estimate of drug-likeness (QED) is 0.330. The maximum Gasteiger partial charge on any atom is 0.430 e. The molecule has 1 aromatic carbocycles. The number of hydrogen-bond acceptors (Lipinski definition) is 4. The fraction of sp³-hybridized carbons (Fsp3) is 0.684. The third kappa shape index (κ3) is 6.71. The summed E-state index contributed by atoms with van der Waals surface area (Å²) in [4.78, 5) is 0. The van der Waals surface area contributed by atoms with Crippen molar-refractivity contribution in [3.05, 3.63) is 35.9 Å². The molecule has 2 atom stereocenters. The van der Waals surface area contributed by atoms with Gasteiger partial charge in [-0.25, -0.2) is 0 Å². The average molecular weight is 538 g/mol. The van der Waals surface area contributed by atoms with Crippen molar-refractivity contribution in [3.63, 3.8) is 0 Å². The van der Waals surface area contributed by atoms with Crippen molar-refractivity contribution in [3.8, 4) is 0 Å². The van der Waals surface area contributed by atoms with Gasteiger partial charge >= 0.3 is 24.7 Å². The number of benzene rings is 1. The Morgan fingerprint density at radius 1 is 0.657 bits per heavy atom. The van der Waals surface area contributed by atoms with Gasteiger partial charge in [0.15, 0.2) is 0 Å². The summed E-state index contributed by atoms with van der Waals surface area (Å²) in [5.74, 6) is 0. The van der Waals surface area contributed by atoms with Crippen LogP contribution in [-0.2, 0) is 24.5 Å². The normalized spacial score (nSPS) is 21.3. The number of hydrogen-bond donors (Lipinski definition) is 0. The van der Waals surface area contributed by atoms with Crippen molar-refractivity contribution in [2.45, 2.75) is 55.0 Å². The second kappa shape index (κ2) is 9.94. The third-order valence-electron chi connectivity index (χ3n) is 4.91. The third-order valence-corrected chi connectivity index (χ3v) is 4.91. The summed E-state index contributed by atoms with van der Waals surface area (Å²) in [5.41, 5.74) is -9.47. The van der Waals surface area contributed by atoms with E-state index in [1.807, 2.05) is 0 Å². The highest BCUT2D eigenvalue weighted by atomic mass is 19.4. The lowest BCUT2D eigenvalue weighted by Gasteiger charge is -2.37. The van der Waals surface area contributed by atoms with E-state index >= 15 is 0 Å². The predicted molar refractivity (Wildman–Crippen MR) is 92.1 cm³/mol. The second-order valence-corrected chi connectivity index (χ2v) is 7.60. The molecule has 0 amide bonds. The van der Waals surface area contributed by atoms with Crippen molar-refractivity contribution in [2.75, 3.05) is 26.4 Å². The molecule has 0 bridgehead atoms. The van der Waals surface area contributed by atoms with Crippen LogP contribution >= 0.6 is 0 Å². The first-order valence-corrected chi connectivity index (χ1v) is 9.60. The van der Waals surface area contributed by atoms with E-state index in [9.17, 15) is 52.7 Å². The highest BCUT2D eigenvalue weighted by molar-refractivity contribution is 5.27. The number of rotatable bonds is 7. The summed E-state index contributed by atoms with van der Waals surface area (Å²) in [6.07, 6.45) is -23.7. The molecule has 35 heavy (non-hydrogen) atoms. The Hall–Kier alpha value is -1.78. The van der Waals surface area contributed by atoms with Crippen LogP contribution in [0.2, 0.25) is 0 Å². The van der Waals surface area contributed by atoms with E-state index in [-0.39, 0.29) is 20.1 Å². The van der Waals surface area contributed by atoms with E-state index in [1.165, 1.54) is 6.07 Å². The smallest absolute Gasteiger partial charge is 0.371 e. The van der Waals surface area contributed by atoms with Gasteiger partial charge in [0.25, 0.3) is 11.2 Å². The van der Waals surface area contributed by atoms with Crippen molar-refractivity contribution in [1.29, 1.82) is 0 Å². The Morgan fingerprint density at radius 3 is 1.34 bits per heavy atom. The fourth-order valence-electron chi connectivity index (χ4n) is 2.54. The van der Waals surface area contributed by atoms with Crippen LogP contribution in [0, 0.1) is 0 Å².